The minimum atomic E-state index is -1.02. The zero-order valence-corrected chi connectivity index (χ0v) is 17.9. The van der Waals surface area contributed by atoms with Gasteiger partial charge in [0.15, 0.2) is 12.0 Å². The van der Waals surface area contributed by atoms with Gasteiger partial charge >= 0.3 is 0 Å². The lowest BCUT2D eigenvalue weighted by molar-refractivity contribution is 0.0939. The standard InChI is InChI=1S/C22H25F2N3O5/c1-3-26(2)12-22(6-7-32-13-22)27-10-16(19(29)20(30)18(27)11-28)21(31)25-9-14-4-5-15(23)8-17(14)24/h4-5,8,10-11,30H,3,6-7,9,12-13H2,1-2H3,(H,25,31). The molecule has 1 aliphatic heterocycles. The predicted octanol–water partition coefficient (Wildman–Crippen LogP) is 1.64. The van der Waals surface area contributed by atoms with E-state index in [0.29, 0.717) is 38.5 Å². The first-order valence-electron chi connectivity index (χ1n) is 10.1. The molecule has 0 spiro atoms. The van der Waals surface area contributed by atoms with Crippen LogP contribution in [0.4, 0.5) is 8.78 Å². The first-order chi connectivity index (χ1) is 15.2. The normalized spacial score (nSPS) is 18.2. The monoisotopic (exact) mass is 449 g/mol. The molecule has 3 rings (SSSR count). The van der Waals surface area contributed by atoms with E-state index in [4.69, 9.17) is 4.74 Å². The maximum absolute atomic E-state index is 13.9. The molecule has 172 valence electrons. The zero-order chi connectivity index (χ0) is 23.5. The average molecular weight is 449 g/mol. The minimum absolute atomic E-state index is 0.0269. The molecule has 1 aromatic heterocycles. The van der Waals surface area contributed by atoms with Crippen LogP contribution >= 0.6 is 0 Å². The van der Waals surface area contributed by atoms with Crippen LogP contribution in [0.2, 0.25) is 0 Å². The summed E-state index contributed by atoms with van der Waals surface area (Å²) in [6.45, 7) is 3.46. The van der Waals surface area contributed by atoms with Gasteiger partial charge in [0.05, 0.1) is 12.1 Å². The number of pyridine rings is 1. The summed E-state index contributed by atoms with van der Waals surface area (Å²) < 4.78 is 33.9. The third-order valence-corrected chi connectivity index (χ3v) is 5.73. The van der Waals surface area contributed by atoms with Gasteiger partial charge in [0.2, 0.25) is 5.43 Å². The lowest BCUT2D eigenvalue weighted by Crippen LogP contribution is -2.46. The van der Waals surface area contributed by atoms with Crippen molar-refractivity contribution in [3.8, 4) is 5.75 Å². The number of carbonyl (C=O) groups excluding carboxylic acids is 2. The number of aromatic nitrogens is 1. The highest BCUT2D eigenvalue weighted by Gasteiger charge is 2.40. The summed E-state index contributed by atoms with van der Waals surface area (Å²) in [7, 11) is 1.88. The highest BCUT2D eigenvalue weighted by molar-refractivity contribution is 5.95. The summed E-state index contributed by atoms with van der Waals surface area (Å²) in [4.78, 5) is 39.1. The van der Waals surface area contributed by atoms with Crippen LogP contribution in [0.15, 0.2) is 29.2 Å². The maximum atomic E-state index is 13.9. The molecule has 8 nitrogen and oxygen atoms in total. The Labute approximate surface area is 183 Å². The smallest absolute Gasteiger partial charge is 0.257 e. The summed E-state index contributed by atoms with van der Waals surface area (Å²) in [5.41, 5.74) is -2.41. The van der Waals surface area contributed by atoms with E-state index in [0.717, 1.165) is 6.07 Å². The molecule has 1 fully saturated rings. The average Bonchev–Trinajstić information content (AvgIpc) is 3.23. The molecule has 1 unspecified atom stereocenters. The number of aldehydes is 1. The fourth-order valence-electron chi connectivity index (χ4n) is 3.82. The second-order valence-corrected chi connectivity index (χ2v) is 7.87. The quantitative estimate of drug-likeness (QED) is 0.595. The predicted molar refractivity (Wildman–Crippen MR) is 112 cm³/mol. The van der Waals surface area contributed by atoms with Crippen molar-refractivity contribution in [2.45, 2.75) is 25.4 Å². The Hall–Kier alpha value is -3.11. The highest BCUT2D eigenvalue weighted by atomic mass is 19.1. The van der Waals surface area contributed by atoms with Crippen molar-refractivity contribution in [1.29, 1.82) is 0 Å². The second kappa shape index (κ2) is 9.58. The third-order valence-electron chi connectivity index (χ3n) is 5.73. The van der Waals surface area contributed by atoms with Crippen molar-refractivity contribution in [3.05, 3.63) is 63.1 Å². The first-order valence-corrected chi connectivity index (χ1v) is 10.1. The van der Waals surface area contributed by atoms with Gasteiger partial charge in [-0.3, -0.25) is 14.4 Å². The zero-order valence-electron chi connectivity index (χ0n) is 17.9. The van der Waals surface area contributed by atoms with Crippen LogP contribution in [-0.2, 0) is 16.8 Å². The van der Waals surface area contributed by atoms with Gasteiger partial charge in [0.1, 0.15) is 22.9 Å². The molecule has 2 heterocycles. The highest BCUT2D eigenvalue weighted by Crippen LogP contribution is 2.31. The van der Waals surface area contributed by atoms with E-state index in [1.54, 1.807) is 0 Å². The van der Waals surface area contributed by atoms with Gasteiger partial charge in [-0.2, -0.15) is 0 Å². The topological polar surface area (TPSA) is 101 Å². The third kappa shape index (κ3) is 4.56. The number of nitrogens with one attached hydrogen (secondary N) is 1. The van der Waals surface area contributed by atoms with E-state index >= 15 is 0 Å². The van der Waals surface area contributed by atoms with Crippen molar-refractivity contribution < 1.29 is 28.2 Å². The molecule has 1 aromatic carbocycles. The molecule has 10 heteroatoms. The molecule has 0 bridgehead atoms. The summed E-state index contributed by atoms with van der Waals surface area (Å²) in [5, 5.41) is 12.8. The molecule has 2 N–H and O–H groups in total. The minimum Gasteiger partial charge on any atom is -0.503 e. The number of nitrogens with zero attached hydrogens (tertiary/aromatic N) is 2. The van der Waals surface area contributed by atoms with E-state index in [2.05, 4.69) is 5.32 Å². The number of ether oxygens (including phenoxy) is 1. The number of carbonyl (C=O) groups is 2. The molecule has 0 radical (unpaired) electrons. The Morgan fingerprint density at radius 3 is 2.75 bits per heavy atom. The van der Waals surface area contributed by atoms with E-state index in [9.17, 15) is 28.3 Å². The fourth-order valence-corrected chi connectivity index (χ4v) is 3.82. The number of aromatic hydroxyl groups is 1. The van der Waals surface area contributed by atoms with E-state index < -0.39 is 39.8 Å². The van der Waals surface area contributed by atoms with Crippen molar-refractivity contribution in [2.75, 3.05) is 33.4 Å². The first kappa shape index (κ1) is 23.6. The Morgan fingerprint density at radius 1 is 1.41 bits per heavy atom. The van der Waals surface area contributed by atoms with E-state index in [-0.39, 0.29) is 24.4 Å². The number of halogens is 2. The molecule has 0 saturated carbocycles. The molecular formula is C22H25F2N3O5. The fraction of sp³-hybridized carbons (Fsp3) is 0.409. The van der Waals surface area contributed by atoms with Crippen LogP contribution in [-0.4, -0.2) is 60.1 Å². The molecule has 1 atom stereocenters. The summed E-state index contributed by atoms with van der Waals surface area (Å²) in [6.07, 6.45) is 2.11. The second-order valence-electron chi connectivity index (χ2n) is 7.87. The van der Waals surface area contributed by atoms with Crippen LogP contribution in [0.3, 0.4) is 0 Å². The van der Waals surface area contributed by atoms with Crippen LogP contribution < -0.4 is 10.7 Å². The van der Waals surface area contributed by atoms with E-state index in [1.807, 2.05) is 18.9 Å². The maximum Gasteiger partial charge on any atom is 0.257 e. The summed E-state index contributed by atoms with van der Waals surface area (Å²) >= 11 is 0. The van der Waals surface area contributed by atoms with Crippen LogP contribution in [0.25, 0.3) is 0 Å². The summed E-state index contributed by atoms with van der Waals surface area (Å²) in [6, 6.07) is 2.92. The van der Waals surface area contributed by atoms with Crippen molar-refractivity contribution in [3.63, 3.8) is 0 Å². The van der Waals surface area contributed by atoms with Crippen molar-refractivity contribution >= 4 is 12.2 Å². The Morgan fingerprint density at radius 2 is 2.16 bits per heavy atom. The largest absolute Gasteiger partial charge is 0.503 e. The van der Waals surface area contributed by atoms with Gasteiger partial charge in [-0.05, 0) is 26.1 Å². The van der Waals surface area contributed by atoms with Gasteiger partial charge in [-0.1, -0.05) is 13.0 Å². The molecule has 1 saturated heterocycles. The molecule has 2 aromatic rings. The van der Waals surface area contributed by atoms with Crippen LogP contribution in [0, 0.1) is 11.6 Å². The van der Waals surface area contributed by atoms with Crippen LogP contribution in [0.1, 0.15) is 39.8 Å². The Bertz CT molecular complexity index is 1080. The molecule has 1 amide bonds. The number of benzene rings is 1. The Kier molecular flexibility index (Phi) is 7.05. The van der Waals surface area contributed by atoms with Gasteiger partial charge in [0.25, 0.3) is 5.91 Å². The Balaban J connectivity index is 2.00. The summed E-state index contributed by atoms with van der Waals surface area (Å²) in [5.74, 6) is -3.30. The number of rotatable bonds is 8. The van der Waals surface area contributed by atoms with Gasteiger partial charge < -0.3 is 24.6 Å². The molecule has 32 heavy (non-hydrogen) atoms. The lowest BCUT2D eigenvalue weighted by atomic mass is 9.95. The SMILES string of the molecule is CCN(C)CC1(n2cc(C(=O)NCc3ccc(F)cc3F)c(=O)c(O)c2C=O)CCOC1. The van der Waals surface area contributed by atoms with Crippen LogP contribution in [0.5, 0.6) is 5.75 Å². The number of amides is 1. The van der Waals surface area contributed by atoms with Gasteiger partial charge in [0, 0.05) is 37.5 Å². The van der Waals surface area contributed by atoms with E-state index in [1.165, 1.54) is 16.8 Å². The molecule has 1 aliphatic rings. The van der Waals surface area contributed by atoms with Crippen molar-refractivity contribution in [1.82, 2.24) is 14.8 Å². The molecule has 0 aliphatic carbocycles. The van der Waals surface area contributed by atoms with Gasteiger partial charge in [-0.15, -0.1) is 0 Å². The number of hydrogen-bond acceptors (Lipinski definition) is 6. The number of hydrogen-bond donors (Lipinski definition) is 2. The van der Waals surface area contributed by atoms with Crippen molar-refractivity contribution in [2.24, 2.45) is 0 Å². The molecular weight excluding hydrogens is 424 g/mol. The lowest BCUT2D eigenvalue weighted by Gasteiger charge is -2.36. The van der Waals surface area contributed by atoms with Gasteiger partial charge in [-0.25, -0.2) is 8.78 Å². The number of likely N-dealkylation sites (N-methyl/N-ethyl adjacent to an activating group) is 1.